The lowest BCUT2D eigenvalue weighted by molar-refractivity contribution is 0.122. The van der Waals surface area contributed by atoms with Crippen molar-refractivity contribution in [2.75, 3.05) is 68.7 Å². The third kappa shape index (κ3) is 5.64. The molecule has 31 heavy (non-hydrogen) atoms. The van der Waals surface area contributed by atoms with Crippen molar-refractivity contribution < 1.29 is 21.6 Å². The van der Waals surface area contributed by atoms with Gasteiger partial charge in [-0.15, -0.1) is 11.3 Å². The van der Waals surface area contributed by atoms with Crippen molar-refractivity contribution in [1.29, 1.82) is 0 Å². The number of sulfonamides is 1. The second-order valence-corrected chi connectivity index (χ2v) is 13.6. The molecule has 0 N–H and O–H groups in total. The van der Waals surface area contributed by atoms with Gasteiger partial charge in [0.25, 0.3) is 0 Å². The van der Waals surface area contributed by atoms with Crippen LogP contribution in [0.15, 0.2) is 6.07 Å². The molecule has 10 nitrogen and oxygen atoms in total. The highest BCUT2D eigenvalue weighted by Crippen LogP contribution is 2.34. The first kappa shape index (κ1) is 23.1. The first-order valence-corrected chi connectivity index (χ1v) is 14.6. The summed E-state index contributed by atoms with van der Waals surface area (Å²) < 4.78 is 55.1. The van der Waals surface area contributed by atoms with Crippen LogP contribution in [-0.2, 0) is 31.1 Å². The van der Waals surface area contributed by atoms with Gasteiger partial charge in [-0.2, -0.15) is 9.29 Å². The fraction of sp³-hybridized carbons (Fsp3) is 0.647. The third-order valence-corrected chi connectivity index (χ3v) is 10.5. The molecule has 0 aliphatic carbocycles. The number of thiophene rings is 1. The van der Waals surface area contributed by atoms with Crippen molar-refractivity contribution in [2.45, 2.75) is 6.54 Å². The Kier molecular flexibility index (Phi) is 6.73. The van der Waals surface area contributed by atoms with Gasteiger partial charge in [0.15, 0.2) is 20.7 Å². The van der Waals surface area contributed by atoms with Gasteiger partial charge in [-0.3, -0.25) is 4.90 Å². The van der Waals surface area contributed by atoms with Crippen LogP contribution in [0.4, 0.5) is 5.82 Å². The summed E-state index contributed by atoms with van der Waals surface area (Å²) in [6, 6.07) is 2.00. The van der Waals surface area contributed by atoms with Crippen LogP contribution >= 0.6 is 22.9 Å². The molecule has 2 aliphatic rings. The molecule has 2 aromatic heterocycles. The number of aromatic nitrogens is 2. The van der Waals surface area contributed by atoms with Crippen molar-refractivity contribution in [1.82, 2.24) is 19.2 Å². The van der Waals surface area contributed by atoms with Gasteiger partial charge in [0.05, 0.1) is 23.4 Å². The van der Waals surface area contributed by atoms with E-state index in [0.717, 1.165) is 40.3 Å². The maximum atomic E-state index is 12.3. The lowest BCUT2D eigenvalue weighted by Crippen LogP contribution is -2.49. The minimum Gasteiger partial charge on any atom is -0.378 e. The van der Waals surface area contributed by atoms with Gasteiger partial charge in [-0.1, -0.05) is 0 Å². The monoisotopic (exact) mass is 509 g/mol. The predicted molar refractivity (Wildman–Crippen MR) is 121 cm³/mol. The fourth-order valence-electron chi connectivity index (χ4n) is 3.74. The Labute approximate surface area is 190 Å². The largest absolute Gasteiger partial charge is 0.378 e. The molecule has 0 saturated carbocycles. The number of anilines is 1. The Bertz CT molecular complexity index is 1160. The summed E-state index contributed by atoms with van der Waals surface area (Å²) in [5.74, 6) is 0.825. The lowest BCUT2D eigenvalue weighted by atomic mass is 10.3. The van der Waals surface area contributed by atoms with Crippen molar-refractivity contribution in [3.8, 4) is 0 Å². The number of hydrogen-bond donors (Lipinski definition) is 0. The van der Waals surface area contributed by atoms with E-state index >= 15 is 0 Å². The number of rotatable bonds is 6. The normalized spacial score (nSPS) is 19.9. The zero-order valence-electron chi connectivity index (χ0n) is 17.0. The lowest BCUT2D eigenvalue weighted by Gasteiger charge is -2.33. The highest BCUT2D eigenvalue weighted by Gasteiger charge is 2.30. The van der Waals surface area contributed by atoms with Crippen LogP contribution in [0.5, 0.6) is 0 Å². The Balaban J connectivity index is 1.45. The molecule has 4 heterocycles. The summed E-state index contributed by atoms with van der Waals surface area (Å²) in [7, 11) is -7.41. The van der Waals surface area contributed by atoms with Gasteiger partial charge in [0, 0.05) is 56.9 Å². The number of sulfone groups is 1. The molecule has 0 atom stereocenters. The second kappa shape index (κ2) is 9.04. The number of morpholine rings is 1. The average molecular weight is 510 g/mol. The fourth-order valence-corrected chi connectivity index (χ4v) is 8.54. The predicted octanol–water partition coefficient (Wildman–Crippen LogP) is 0.631. The van der Waals surface area contributed by atoms with Crippen molar-refractivity contribution >= 4 is 58.8 Å². The SMILES string of the molecule is CS(=O)(=O)CS(=O)(=O)N1CCN(Cc2cc3nc(Cl)nc(N4CCOCC4)c3s2)CC1. The van der Waals surface area contributed by atoms with E-state index < -0.39 is 24.9 Å². The van der Waals surface area contributed by atoms with E-state index in [9.17, 15) is 16.8 Å². The third-order valence-electron chi connectivity index (χ3n) is 5.16. The highest BCUT2D eigenvalue weighted by atomic mass is 35.5. The van der Waals surface area contributed by atoms with Gasteiger partial charge >= 0.3 is 0 Å². The maximum absolute atomic E-state index is 12.3. The summed E-state index contributed by atoms with van der Waals surface area (Å²) in [5, 5.41) is -0.636. The first-order valence-electron chi connectivity index (χ1n) is 9.77. The molecule has 2 aliphatic heterocycles. The molecule has 0 radical (unpaired) electrons. The molecule has 0 unspecified atom stereocenters. The standard InChI is InChI=1S/C17H24ClN5O5S3/c1-30(24,25)12-31(26,27)23-4-2-21(3-5-23)11-13-10-14-15(29-13)16(20-17(18)19-14)22-6-8-28-9-7-22/h10H,2-9,11-12H2,1H3. The van der Waals surface area contributed by atoms with Crippen LogP contribution in [0.3, 0.4) is 0 Å². The Morgan fingerprint density at radius 1 is 1.06 bits per heavy atom. The summed E-state index contributed by atoms with van der Waals surface area (Å²) in [4.78, 5) is 14.2. The van der Waals surface area contributed by atoms with Crippen LogP contribution < -0.4 is 4.90 Å². The van der Waals surface area contributed by atoms with Gasteiger partial charge < -0.3 is 9.64 Å². The topological polar surface area (TPSA) is 113 Å². The first-order chi connectivity index (χ1) is 14.6. The smallest absolute Gasteiger partial charge is 0.228 e. The zero-order chi connectivity index (χ0) is 22.2. The molecule has 172 valence electrons. The van der Waals surface area contributed by atoms with E-state index in [-0.39, 0.29) is 18.4 Å². The highest BCUT2D eigenvalue weighted by molar-refractivity contribution is 8.06. The van der Waals surface area contributed by atoms with Gasteiger partial charge in [0.1, 0.15) is 0 Å². The number of piperazine rings is 1. The Hall–Kier alpha value is -1.09. The number of fused-ring (bicyclic) bond motifs is 1. The number of halogens is 1. The molecule has 2 fully saturated rings. The van der Waals surface area contributed by atoms with Crippen molar-refractivity contribution in [3.05, 3.63) is 16.2 Å². The van der Waals surface area contributed by atoms with Gasteiger partial charge in [-0.25, -0.2) is 21.8 Å². The molecule has 2 saturated heterocycles. The quantitative estimate of drug-likeness (QED) is 0.517. The van der Waals surface area contributed by atoms with Crippen LogP contribution in [0, 0.1) is 0 Å². The van der Waals surface area contributed by atoms with Crippen LogP contribution in [-0.4, -0.2) is 99.8 Å². The minimum atomic E-state index is -3.81. The molecular formula is C17H24ClN5O5S3. The molecule has 0 spiro atoms. The van der Waals surface area contributed by atoms with Crippen LogP contribution in [0.25, 0.3) is 10.2 Å². The summed E-state index contributed by atoms with van der Waals surface area (Å²) in [6.07, 6.45) is 0.933. The van der Waals surface area contributed by atoms with Crippen LogP contribution in [0.2, 0.25) is 5.28 Å². The van der Waals surface area contributed by atoms with E-state index in [1.165, 1.54) is 4.31 Å². The van der Waals surface area contributed by atoms with E-state index in [4.69, 9.17) is 16.3 Å². The molecule has 0 amide bonds. The maximum Gasteiger partial charge on any atom is 0.228 e. The minimum absolute atomic E-state index is 0.211. The second-order valence-electron chi connectivity index (χ2n) is 7.67. The van der Waals surface area contributed by atoms with E-state index in [1.807, 2.05) is 6.07 Å². The number of ether oxygens (including phenoxy) is 1. The summed E-state index contributed by atoms with van der Waals surface area (Å²) in [6.45, 7) is 5.04. The average Bonchev–Trinajstić information content (AvgIpc) is 3.08. The van der Waals surface area contributed by atoms with Gasteiger partial charge in [0.2, 0.25) is 15.3 Å². The molecule has 0 bridgehead atoms. The van der Waals surface area contributed by atoms with E-state index in [0.29, 0.717) is 32.8 Å². The molecule has 14 heteroatoms. The molecule has 0 aromatic carbocycles. The molecule has 2 aromatic rings. The van der Waals surface area contributed by atoms with E-state index in [1.54, 1.807) is 11.3 Å². The Morgan fingerprint density at radius 3 is 2.39 bits per heavy atom. The van der Waals surface area contributed by atoms with Crippen molar-refractivity contribution in [3.63, 3.8) is 0 Å². The molecular weight excluding hydrogens is 486 g/mol. The van der Waals surface area contributed by atoms with Crippen LogP contribution in [0.1, 0.15) is 4.88 Å². The Morgan fingerprint density at radius 2 is 1.74 bits per heavy atom. The summed E-state index contributed by atoms with van der Waals surface area (Å²) >= 11 is 7.77. The van der Waals surface area contributed by atoms with Crippen molar-refractivity contribution in [2.24, 2.45) is 0 Å². The molecule has 4 rings (SSSR count). The zero-order valence-corrected chi connectivity index (χ0v) is 20.2. The number of hydrogen-bond acceptors (Lipinski definition) is 10. The summed E-state index contributed by atoms with van der Waals surface area (Å²) in [5.41, 5.74) is 0.802. The van der Waals surface area contributed by atoms with E-state index in [2.05, 4.69) is 19.8 Å². The van der Waals surface area contributed by atoms with Gasteiger partial charge in [-0.05, 0) is 17.7 Å². The number of nitrogens with zero attached hydrogens (tertiary/aromatic N) is 5.